The number of nitrogens with zero attached hydrogens (tertiary/aromatic N) is 3. The average Bonchev–Trinajstić information content (AvgIpc) is 3.35. The summed E-state index contributed by atoms with van der Waals surface area (Å²) in [4.78, 5) is 4.69. The number of ether oxygens (including phenoxy) is 1. The molecule has 1 N–H and O–H groups in total. The Morgan fingerprint density at radius 3 is 2.21 bits per heavy atom. The first kappa shape index (κ1) is 22.1. The Morgan fingerprint density at radius 2 is 1.53 bits per heavy atom. The SMILES string of the molecule is CN1CCN(c2ccc(-c3cc(-c4cc(F)c(OCc5ccccc5)c(F)c4)n[nH]3)cc2)CC1. The lowest BCUT2D eigenvalue weighted by Gasteiger charge is -2.34. The zero-order valence-corrected chi connectivity index (χ0v) is 19.0. The molecule has 0 unspecified atom stereocenters. The highest BCUT2D eigenvalue weighted by Gasteiger charge is 2.17. The predicted molar refractivity (Wildman–Crippen MR) is 130 cm³/mol. The van der Waals surface area contributed by atoms with Crippen LogP contribution in [0.15, 0.2) is 72.8 Å². The van der Waals surface area contributed by atoms with Crippen molar-refractivity contribution in [3.63, 3.8) is 0 Å². The minimum absolute atomic E-state index is 0.0880. The van der Waals surface area contributed by atoms with Gasteiger partial charge in [-0.15, -0.1) is 0 Å². The summed E-state index contributed by atoms with van der Waals surface area (Å²) >= 11 is 0. The van der Waals surface area contributed by atoms with E-state index in [-0.39, 0.29) is 12.4 Å². The van der Waals surface area contributed by atoms with E-state index < -0.39 is 11.6 Å². The summed E-state index contributed by atoms with van der Waals surface area (Å²) < 4.78 is 34.7. The number of aromatic nitrogens is 2. The molecule has 5 rings (SSSR count). The number of anilines is 1. The molecule has 1 fully saturated rings. The molecule has 0 aliphatic carbocycles. The first-order valence-corrected chi connectivity index (χ1v) is 11.3. The minimum Gasteiger partial charge on any atom is -0.483 e. The number of halogens is 2. The van der Waals surface area contributed by atoms with Crippen molar-refractivity contribution in [3.8, 4) is 28.3 Å². The lowest BCUT2D eigenvalue weighted by molar-refractivity contribution is 0.274. The van der Waals surface area contributed by atoms with Crippen molar-refractivity contribution in [2.45, 2.75) is 6.61 Å². The zero-order valence-electron chi connectivity index (χ0n) is 19.0. The number of nitrogens with one attached hydrogen (secondary N) is 1. The van der Waals surface area contributed by atoms with E-state index in [0.29, 0.717) is 11.3 Å². The lowest BCUT2D eigenvalue weighted by atomic mass is 10.1. The molecule has 1 saturated heterocycles. The summed E-state index contributed by atoms with van der Waals surface area (Å²) in [5.74, 6) is -1.90. The van der Waals surface area contributed by atoms with E-state index in [1.54, 1.807) is 6.07 Å². The third kappa shape index (κ3) is 4.79. The van der Waals surface area contributed by atoms with Crippen molar-refractivity contribution in [1.82, 2.24) is 15.1 Å². The van der Waals surface area contributed by atoms with Gasteiger partial charge in [0.1, 0.15) is 6.61 Å². The van der Waals surface area contributed by atoms with Gasteiger partial charge in [0.15, 0.2) is 17.4 Å². The molecular formula is C27H26F2N4O. The molecule has 5 nitrogen and oxygen atoms in total. The fourth-order valence-electron chi connectivity index (χ4n) is 4.11. The molecule has 174 valence electrons. The molecule has 0 spiro atoms. The van der Waals surface area contributed by atoms with Gasteiger partial charge in [0, 0.05) is 37.4 Å². The van der Waals surface area contributed by atoms with Crippen LogP contribution in [0.1, 0.15) is 5.56 Å². The van der Waals surface area contributed by atoms with E-state index in [9.17, 15) is 8.78 Å². The van der Waals surface area contributed by atoms with Crippen LogP contribution >= 0.6 is 0 Å². The number of hydrogen-bond acceptors (Lipinski definition) is 4. The summed E-state index contributed by atoms with van der Waals surface area (Å²) in [6, 6.07) is 21.8. The maximum atomic E-state index is 14.7. The highest BCUT2D eigenvalue weighted by molar-refractivity contribution is 5.70. The number of aromatic amines is 1. The Morgan fingerprint density at radius 1 is 0.853 bits per heavy atom. The molecule has 0 bridgehead atoms. The van der Waals surface area contributed by atoms with Crippen molar-refractivity contribution in [2.24, 2.45) is 0 Å². The molecule has 1 aliphatic heterocycles. The molecule has 2 heterocycles. The van der Waals surface area contributed by atoms with Gasteiger partial charge in [-0.25, -0.2) is 8.78 Å². The number of piperazine rings is 1. The smallest absolute Gasteiger partial charge is 0.191 e. The number of hydrogen-bond donors (Lipinski definition) is 1. The quantitative estimate of drug-likeness (QED) is 0.421. The summed E-state index contributed by atoms with van der Waals surface area (Å²) in [5, 5.41) is 7.25. The fraction of sp³-hybridized carbons (Fsp3) is 0.222. The second kappa shape index (κ2) is 9.65. The molecule has 0 amide bonds. The van der Waals surface area contributed by atoms with Crippen LogP contribution in [-0.4, -0.2) is 48.3 Å². The van der Waals surface area contributed by atoms with Gasteiger partial charge in [0.05, 0.1) is 11.4 Å². The van der Waals surface area contributed by atoms with E-state index in [2.05, 4.69) is 39.2 Å². The van der Waals surface area contributed by atoms with Gasteiger partial charge in [-0.05, 0) is 48.5 Å². The summed E-state index contributed by atoms with van der Waals surface area (Å²) in [6.07, 6.45) is 0. The van der Waals surface area contributed by atoms with E-state index in [1.165, 1.54) is 17.8 Å². The summed E-state index contributed by atoms with van der Waals surface area (Å²) in [7, 11) is 2.14. The Kier molecular flexibility index (Phi) is 6.27. The molecular weight excluding hydrogens is 434 g/mol. The molecule has 1 aliphatic rings. The third-order valence-corrected chi connectivity index (χ3v) is 6.14. The maximum Gasteiger partial charge on any atom is 0.191 e. The zero-order chi connectivity index (χ0) is 23.5. The van der Waals surface area contributed by atoms with E-state index in [1.807, 2.05) is 42.5 Å². The Hall–Kier alpha value is -3.71. The van der Waals surface area contributed by atoms with Crippen molar-refractivity contribution >= 4 is 5.69 Å². The van der Waals surface area contributed by atoms with Crippen molar-refractivity contribution < 1.29 is 13.5 Å². The summed E-state index contributed by atoms with van der Waals surface area (Å²) in [5.41, 5.74) is 4.57. The normalized spacial score (nSPS) is 14.4. The van der Waals surface area contributed by atoms with Crippen molar-refractivity contribution in [3.05, 3.63) is 90.0 Å². The van der Waals surface area contributed by atoms with E-state index in [0.717, 1.165) is 43.0 Å². The molecule has 0 radical (unpaired) electrons. The molecule has 34 heavy (non-hydrogen) atoms. The monoisotopic (exact) mass is 460 g/mol. The molecule has 1 aromatic heterocycles. The molecule has 4 aromatic rings. The van der Waals surface area contributed by atoms with Crippen molar-refractivity contribution in [1.29, 1.82) is 0 Å². The van der Waals surface area contributed by atoms with Crippen LogP contribution in [0.3, 0.4) is 0 Å². The van der Waals surface area contributed by atoms with Crippen LogP contribution in [-0.2, 0) is 6.61 Å². The van der Waals surface area contributed by atoms with Crippen LogP contribution in [0.25, 0.3) is 22.5 Å². The van der Waals surface area contributed by atoms with Crippen molar-refractivity contribution in [2.75, 3.05) is 38.1 Å². The van der Waals surface area contributed by atoms with Crippen LogP contribution in [0.5, 0.6) is 5.75 Å². The van der Waals surface area contributed by atoms with Crippen LogP contribution in [0.4, 0.5) is 14.5 Å². The summed E-state index contributed by atoms with van der Waals surface area (Å²) in [6.45, 7) is 4.20. The van der Waals surface area contributed by atoms with E-state index in [4.69, 9.17) is 4.74 Å². The fourth-order valence-corrected chi connectivity index (χ4v) is 4.11. The first-order chi connectivity index (χ1) is 16.6. The van der Waals surface area contributed by atoms with Crippen LogP contribution in [0.2, 0.25) is 0 Å². The number of H-pyrrole nitrogens is 1. The minimum atomic E-state index is -0.757. The van der Waals surface area contributed by atoms with E-state index >= 15 is 0 Å². The lowest BCUT2D eigenvalue weighted by Crippen LogP contribution is -2.44. The van der Waals surface area contributed by atoms with Gasteiger partial charge in [-0.3, -0.25) is 5.10 Å². The molecule has 0 atom stereocenters. The van der Waals surface area contributed by atoms with Gasteiger partial charge in [-0.2, -0.15) is 5.10 Å². The number of rotatable bonds is 6. The average molecular weight is 461 g/mol. The second-order valence-electron chi connectivity index (χ2n) is 8.55. The first-order valence-electron chi connectivity index (χ1n) is 11.3. The largest absolute Gasteiger partial charge is 0.483 e. The highest BCUT2D eigenvalue weighted by atomic mass is 19.1. The van der Waals surface area contributed by atoms with Gasteiger partial charge in [0.2, 0.25) is 0 Å². The standard InChI is InChI=1S/C27H26F2N4O/c1-32-11-13-33(14-12-32)22-9-7-20(8-10-22)25-17-26(31-30-25)21-15-23(28)27(24(29)16-21)34-18-19-5-3-2-4-6-19/h2-10,15-17H,11-14,18H2,1H3,(H,30,31). The van der Waals surface area contributed by atoms with Gasteiger partial charge >= 0.3 is 0 Å². The predicted octanol–water partition coefficient (Wildman–Crippen LogP) is 5.35. The molecule has 0 saturated carbocycles. The Labute approximate surface area is 197 Å². The topological polar surface area (TPSA) is 44.4 Å². The third-order valence-electron chi connectivity index (χ3n) is 6.14. The van der Waals surface area contributed by atoms with Crippen LogP contribution in [0, 0.1) is 11.6 Å². The number of benzene rings is 3. The number of likely N-dealkylation sites (N-methyl/N-ethyl adjacent to an activating group) is 1. The maximum absolute atomic E-state index is 14.7. The van der Waals surface area contributed by atoms with Crippen LogP contribution < -0.4 is 9.64 Å². The second-order valence-corrected chi connectivity index (χ2v) is 8.55. The molecule has 3 aromatic carbocycles. The highest BCUT2D eigenvalue weighted by Crippen LogP contribution is 2.31. The Balaban J connectivity index is 1.30. The van der Waals surface area contributed by atoms with Gasteiger partial charge < -0.3 is 14.5 Å². The van der Waals surface area contributed by atoms with Gasteiger partial charge in [-0.1, -0.05) is 42.5 Å². The molecule has 7 heteroatoms. The van der Waals surface area contributed by atoms with Gasteiger partial charge in [0.25, 0.3) is 0 Å². The Bertz CT molecular complexity index is 1230.